The lowest BCUT2D eigenvalue weighted by atomic mass is 9.86. The summed E-state index contributed by atoms with van der Waals surface area (Å²) in [5.74, 6) is -0.0571. The summed E-state index contributed by atoms with van der Waals surface area (Å²) in [6.07, 6.45) is 3.14. The summed E-state index contributed by atoms with van der Waals surface area (Å²) in [5.41, 5.74) is 1.44. The summed E-state index contributed by atoms with van der Waals surface area (Å²) >= 11 is 0. The Bertz CT molecular complexity index is 654. The molecule has 1 aromatic rings. The van der Waals surface area contributed by atoms with Crippen LogP contribution in [0.3, 0.4) is 0 Å². The van der Waals surface area contributed by atoms with Gasteiger partial charge in [-0.3, -0.25) is 4.79 Å². The van der Waals surface area contributed by atoms with Crippen molar-refractivity contribution in [2.45, 2.75) is 90.3 Å². The molecule has 0 spiro atoms. The lowest BCUT2D eigenvalue weighted by molar-refractivity contribution is 0.0489. The van der Waals surface area contributed by atoms with Crippen LogP contribution in [0, 0.1) is 0 Å². The molecular weight excluding hydrogens is 340 g/mol. The van der Waals surface area contributed by atoms with Crippen LogP contribution in [0.5, 0.6) is 0 Å². The van der Waals surface area contributed by atoms with Crippen molar-refractivity contribution in [1.82, 2.24) is 10.6 Å². The van der Waals surface area contributed by atoms with E-state index in [2.05, 4.69) is 31.4 Å². The summed E-state index contributed by atoms with van der Waals surface area (Å²) in [6, 6.07) is 7.89. The van der Waals surface area contributed by atoms with Gasteiger partial charge in [-0.2, -0.15) is 0 Å². The van der Waals surface area contributed by atoms with Gasteiger partial charge in [0.25, 0.3) is 5.91 Å². The number of rotatable bonds is 3. The molecule has 0 heterocycles. The number of benzene rings is 1. The van der Waals surface area contributed by atoms with E-state index < -0.39 is 11.7 Å². The van der Waals surface area contributed by atoms with E-state index in [1.807, 2.05) is 45.0 Å². The lowest BCUT2D eigenvalue weighted by Crippen LogP contribution is -2.46. The van der Waals surface area contributed by atoms with Crippen LogP contribution in [-0.4, -0.2) is 29.7 Å². The molecular formula is C22H34N2O3. The quantitative estimate of drug-likeness (QED) is 0.815. The number of carbonyl (C=O) groups is 2. The van der Waals surface area contributed by atoms with Crippen molar-refractivity contribution in [2.24, 2.45) is 0 Å². The van der Waals surface area contributed by atoms with Crippen LogP contribution < -0.4 is 10.6 Å². The van der Waals surface area contributed by atoms with Crippen LogP contribution >= 0.6 is 0 Å². The highest BCUT2D eigenvalue weighted by Gasteiger charge is 2.26. The first-order valence-corrected chi connectivity index (χ1v) is 9.85. The van der Waals surface area contributed by atoms with Gasteiger partial charge in [-0.1, -0.05) is 32.9 Å². The minimum atomic E-state index is -0.508. The third-order valence-electron chi connectivity index (χ3n) is 4.74. The number of nitrogens with one attached hydrogen (secondary N) is 2. The number of carbonyl (C=O) groups excluding carboxylic acids is 2. The molecule has 2 atom stereocenters. The normalized spacial score (nSPS) is 20.7. The Morgan fingerprint density at radius 1 is 0.926 bits per heavy atom. The highest BCUT2D eigenvalue weighted by Crippen LogP contribution is 2.23. The fourth-order valence-corrected chi connectivity index (χ4v) is 3.32. The highest BCUT2D eigenvalue weighted by molar-refractivity contribution is 5.94. The molecule has 150 valence electrons. The molecule has 0 aliphatic heterocycles. The number of hydrogen-bond donors (Lipinski definition) is 2. The standard InChI is InChI=1S/C22H34N2O3/c1-21(2,3)16-12-10-15(11-13-16)19(25)23-17-8-7-9-18(14-17)24-20(26)27-22(4,5)6/h10-13,17-18H,7-9,14H2,1-6H3,(H,23,25)(H,24,26)/t17-,18-/m0/s1. The summed E-state index contributed by atoms with van der Waals surface area (Å²) in [6.45, 7) is 12.0. The van der Waals surface area contributed by atoms with Crippen LogP contribution in [0.15, 0.2) is 24.3 Å². The first-order valence-electron chi connectivity index (χ1n) is 9.85. The average molecular weight is 375 g/mol. The first kappa shape index (κ1) is 21.3. The fraction of sp³-hybridized carbons (Fsp3) is 0.636. The second-order valence-corrected chi connectivity index (χ2v) is 9.51. The maximum atomic E-state index is 12.6. The molecule has 1 aliphatic rings. The van der Waals surface area contributed by atoms with Crippen molar-refractivity contribution >= 4 is 12.0 Å². The zero-order valence-electron chi connectivity index (χ0n) is 17.5. The van der Waals surface area contributed by atoms with Crippen molar-refractivity contribution in [2.75, 3.05) is 0 Å². The van der Waals surface area contributed by atoms with Gasteiger partial charge in [0.2, 0.25) is 0 Å². The van der Waals surface area contributed by atoms with Gasteiger partial charge < -0.3 is 15.4 Å². The van der Waals surface area contributed by atoms with Gasteiger partial charge in [-0.15, -0.1) is 0 Å². The highest BCUT2D eigenvalue weighted by atomic mass is 16.6. The van der Waals surface area contributed by atoms with E-state index >= 15 is 0 Å². The first-order chi connectivity index (χ1) is 12.4. The molecule has 1 aromatic carbocycles. The molecule has 2 rings (SSSR count). The van der Waals surface area contributed by atoms with Crippen LogP contribution in [0.2, 0.25) is 0 Å². The molecule has 0 unspecified atom stereocenters. The number of alkyl carbamates (subject to hydrolysis) is 1. The summed E-state index contributed by atoms with van der Waals surface area (Å²) in [7, 11) is 0. The van der Waals surface area contributed by atoms with E-state index in [0.717, 1.165) is 25.7 Å². The van der Waals surface area contributed by atoms with Gasteiger partial charge >= 0.3 is 6.09 Å². The zero-order valence-corrected chi connectivity index (χ0v) is 17.5. The van der Waals surface area contributed by atoms with Gasteiger partial charge in [0.05, 0.1) is 0 Å². The fourth-order valence-electron chi connectivity index (χ4n) is 3.32. The van der Waals surface area contributed by atoms with E-state index in [1.165, 1.54) is 5.56 Å². The summed E-state index contributed by atoms with van der Waals surface area (Å²) < 4.78 is 5.33. The number of amides is 2. The van der Waals surface area contributed by atoms with E-state index in [9.17, 15) is 9.59 Å². The van der Waals surface area contributed by atoms with Crippen molar-refractivity contribution in [3.8, 4) is 0 Å². The lowest BCUT2D eigenvalue weighted by Gasteiger charge is -2.31. The zero-order chi connectivity index (χ0) is 20.2. The van der Waals surface area contributed by atoms with Gasteiger partial charge in [0, 0.05) is 17.6 Å². The van der Waals surface area contributed by atoms with Crippen LogP contribution in [0.4, 0.5) is 4.79 Å². The monoisotopic (exact) mass is 374 g/mol. The Hall–Kier alpha value is -2.04. The largest absolute Gasteiger partial charge is 0.444 e. The average Bonchev–Trinajstić information content (AvgIpc) is 2.52. The molecule has 27 heavy (non-hydrogen) atoms. The minimum absolute atomic E-state index is 0.0298. The minimum Gasteiger partial charge on any atom is -0.444 e. The van der Waals surface area contributed by atoms with Crippen LogP contribution in [0.1, 0.15) is 83.1 Å². The van der Waals surface area contributed by atoms with Gasteiger partial charge in [0.15, 0.2) is 0 Å². The molecule has 0 saturated heterocycles. The SMILES string of the molecule is CC(C)(C)OC(=O)N[C@H]1CCC[C@H](NC(=O)c2ccc(C(C)(C)C)cc2)C1. The molecule has 0 radical (unpaired) electrons. The Balaban J connectivity index is 1.89. The second kappa shape index (κ2) is 8.32. The third-order valence-corrected chi connectivity index (χ3v) is 4.74. The van der Waals surface area contributed by atoms with E-state index in [-0.39, 0.29) is 23.4 Å². The molecule has 1 aliphatic carbocycles. The topological polar surface area (TPSA) is 67.4 Å². The van der Waals surface area contributed by atoms with Gasteiger partial charge in [0.1, 0.15) is 5.60 Å². The number of ether oxygens (including phenoxy) is 1. The molecule has 1 fully saturated rings. The molecule has 1 saturated carbocycles. The van der Waals surface area contributed by atoms with E-state index in [1.54, 1.807) is 0 Å². The van der Waals surface area contributed by atoms with Crippen LogP contribution in [-0.2, 0) is 10.2 Å². The van der Waals surface area contributed by atoms with E-state index in [4.69, 9.17) is 4.74 Å². The van der Waals surface area contributed by atoms with Gasteiger partial charge in [-0.05, 0) is 69.6 Å². The Morgan fingerprint density at radius 2 is 1.48 bits per heavy atom. The molecule has 2 amide bonds. The molecule has 0 aromatic heterocycles. The predicted octanol–water partition coefficient (Wildman–Crippen LogP) is 4.55. The maximum Gasteiger partial charge on any atom is 0.407 e. The van der Waals surface area contributed by atoms with Crippen molar-refractivity contribution < 1.29 is 14.3 Å². The Labute approximate surface area is 163 Å². The maximum absolute atomic E-state index is 12.6. The predicted molar refractivity (Wildman–Crippen MR) is 108 cm³/mol. The van der Waals surface area contributed by atoms with Crippen molar-refractivity contribution in [1.29, 1.82) is 0 Å². The molecule has 0 bridgehead atoms. The Kier molecular flexibility index (Phi) is 6.55. The molecule has 5 nitrogen and oxygen atoms in total. The van der Waals surface area contributed by atoms with E-state index in [0.29, 0.717) is 5.56 Å². The van der Waals surface area contributed by atoms with Crippen molar-refractivity contribution in [3.05, 3.63) is 35.4 Å². The molecule has 5 heteroatoms. The van der Waals surface area contributed by atoms with Crippen molar-refractivity contribution in [3.63, 3.8) is 0 Å². The van der Waals surface area contributed by atoms with Gasteiger partial charge in [-0.25, -0.2) is 4.79 Å². The number of hydrogen-bond acceptors (Lipinski definition) is 3. The van der Waals surface area contributed by atoms with Crippen LogP contribution in [0.25, 0.3) is 0 Å². The molecule has 2 N–H and O–H groups in total. The summed E-state index contributed by atoms with van der Waals surface area (Å²) in [4.78, 5) is 24.5. The smallest absolute Gasteiger partial charge is 0.407 e. The Morgan fingerprint density at radius 3 is 2.00 bits per heavy atom. The third kappa shape index (κ3) is 6.89. The summed E-state index contributed by atoms with van der Waals surface area (Å²) in [5, 5.41) is 6.04. The second-order valence-electron chi connectivity index (χ2n) is 9.51.